The molecule has 0 spiro atoms. The highest BCUT2D eigenvalue weighted by molar-refractivity contribution is 9.15. The van der Waals surface area contributed by atoms with Crippen LogP contribution < -0.4 is 0 Å². The maximum absolute atomic E-state index is 3.59. The smallest absolute Gasteiger partial charge is 0.0271 e. The minimum Gasteiger partial charge on any atom is -0.0610 e. The van der Waals surface area contributed by atoms with E-state index < -0.39 is 0 Å². The third-order valence-electron chi connectivity index (χ3n) is 2.55. The minimum absolute atomic E-state index is 1.15. The van der Waals surface area contributed by atoms with Crippen LogP contribution in [-0.4, -0.2) is 0 Å². The maximum Gasteiger partial charge on any atom is 0.0271 e. The first kappa shape index (κ1) is 8.69. The lowest BCUT2D eigenvalue weighted by Gasteiger charge is -2.04. The first-order chi connectivity index (χ1) is 6.77. The van der Waals surface area contributed by atoms with Gasteiger partial charge in [-0.05, 0) is 28.5 Å². The summed E-state index contributed by atoms with van der Waals surface area (Å²) < 4.78 is 2.31. The van der Waals surface area contributed by atoms with Crippen molar-refractivity contribution in [2.24, 2.45) is 0 Å². The predicted molar refractivity (Wildman–Crippen MR) is 68.4 cm³/mol. The highest BCUT2D eigenvalue weighted by atomic mass is 79.9. The van der Waals surface area contributed by atoms with Crippen molar-refractivity contribution in [3.63, 3.8) is 0 Å². The molecule has 1 aliphatic carbocycles. The molecular weight excluding hydrogens is 304 g/mol. The Morgan fingerprint density at radius 1 is 0.929 bits per heavy atom. The largest absolute Gasteiger partial charge is 0.0610 e. The van der Waals surface area contributed by atoms with E-state index in [2.05, 4.69) is 68.3 Å². The van der Waals surface area contributed by atoms with Crippen molar-refractivity contribution >= 4 is 53.2 Å². The summed E-state index contributed by atoms with van der Waals surface area (Å²) in [5.74, 6) is 0. The summed E-state index contributed by atoms with van der Waals surface area (Å²) in [4.78, 5) is 0. The van der Waals surface area contributed by atoms with Crippen LogP contribution in [0.3, 0.4) is 0 Å². The highest BCUT2D eigenvalue weighted by Gasteiger charge is 2.16. The Bertz CT molecular complexity index is 568. The SMILES string of the molecule is BrC1=Cc2cccc3ccc(Br)c1c23. The van der Waals surface area contributed by atoms with Crippen LogP contribution in [0.2, 0.25) is 0 Å². The van der Waals surface area contributed by atoms with Gasteiger partial charge in [0.05, 0.1) is 0 Å². The van der Waals surface area contributed by atoms with Gasteiger partial charge in [-0.25, -0.2) is 0 Å². The van der Waals surface area contributed by atoms with E-state index in [9.17, 15) is 0 Å². The Balaban J connectivity index is 2.60. The van der Waals surface area contributed by atoms with Crippen LogP contribution in [0.1, 0.15) is 11.1 Å². The number of hydrogen-bond donors (Lipinski definition) is 0. The van der Waals surface area contributed by atoms with E-state index in [0.29, 0.717) is 0 Å². The molecule has 0 aliphatic heterocycles. The zero-order valence-electron chi connectivity index (χ0n) is 7.22. The molecule has 0 radical (unpaired) electrons. The fourth-order valence-electron chi connectivity index (χ4n) is 1.94. The Hall–Kier alpha value is -0.600. The van der Waals surface area contributed by atoms with Gasteiger partial charge in [0.1, 0.15) is 0 Å². The molecule has 0 aromatic heterocycles. The van der Waals surface area contributed by atoms with Gasteiger partial charge in [0.25, 0.3) is 0 Å². The summed E-state index contributed by atoms with van der Waals surface area (Å²) in [6, 6.07) is 10.6. The van der Waals surface area contributed by atoms with E-state index in [-0.39, 0.29) is 0 Å². The fourth-order valence-corrected chi connectivity index (χ4v) is 3.41. The maximum atomic E-state index is 3.59. The molecule has 0 heterocycles. The van der Waals surface area contributed by atoms with Gasteiger partial charge < -0.3 is 0 Å². The molecule has 0 saturated heterocycles. The number of rotatable bonds is 0. The molecule has 0 saturated carbocycles. The summed E-state index contributed by atoms with van der Waals surface area (Å²) in [5, 5.41) is 2.64. The highest BCUT2D eigenvalue weighted by Crippen LogP contribution is 2.43. The first-order valence-electron chi connectivity index (χ1n) is 4.36. The Labute approximate surface area is 98.9 Å². The molecule has 0 unspecified atom stereocenters. The van der Waals surface area contributed by atoms with Gasteiger partial charge in [-0.3, -0.25) is 0 Å². The van der Waals surface area contributed by atoms with E-state index in [1.165, 1.54) is 21.9 Å². The van der Waals surface area contributed by atoms with Crippen molar-refractivity contribution in [1.82, 2.24) is 0 Å². The summed E-state index contributed by atoms with van der Waals surface area (Å²) in [7, 11) is 0. The van der Waals surface area contributed by atoms with Crippen molar-refractivity contribution in [3.8, 4) is 0 Å². The lowest BCUT2D eigenvalue weighted by Crippen LogP contribution is -1.80. The molecule has 0 N–H and O–H groups in total. The van der Waals surface area contributed by atoms with Crippen molar-refractivity contribution in [2.45, 2.75) is 0 Å². The first-order valence-corrected chi connectivity index (χ1v) is 5.95. The van der Waals surface area contributed by atoms with Crippen LogP contribution in [0.25, 0.3) is 21.3 Å². The molecule has 0 fully saturated rings. The second-order valence-corrected chi connectivity index (χ2v) is 5.07. The Kier molecular flexibility index (Phi) is 1.83. The summed E-state index contributed by atoms with van der Waals surface area (Å²) in [6.07, 6.45) is 2.17. The van der Waals surface area contributed by atoms with Crippen LogP contribution in [0.4, 0.5) is 0 Å². The molecule has 2 aromatic rings. The molecule has 14 heavy (non-hydrogen) atoms. The average Bonchev–Trinajstić information content (AvgIpc) is 2.51. The van der Waals surface area contributed by atoms with Gasteiger partial charge in [0.15, 0.2) is 0 Å². The topological polar surface area (TPSA) is 0 Å². The molecule has 3 rings (SSSR count). The Morgan fingerprint density at radius 2 is 1.79 bits per heavy atom. The van der Waals surface area contributed by atoms with Gasteiger partial charge in [-0.1, -0.05) is 56.1 Å². The van der Waals surface area contributed by atoms with E-state index in [0.717, 1.165) is 8.96 Å². The van der Waals surface area contributed by atoms with E-state index in [1.54, 1.807) is 0 Å². The summed E-state index contributed by atoms with van der Waals surface area (Å²) in [5.41, 5.74) is 2.57. The monoisotopic (exact) mass is 308 g/mol. The lowest BCUT2D eigenvalue weighted by molar-refractivity contribution is 1.67. The minimum atomic E-state index is 1.15. The zero-order valence-corrected chi connectivity index (χ0v) is 10.4. The van der Waals surface area contributed by atoms with Crippen LogP contribution in [0, 0.1) is 0 Å². The third kappa shape index (κ3) is 1.04. The van der Waals surface area contributed by atoms with Crippen molar-refractivity contribution in [1.29, 1.82) is 0 Å². The van der Waals surface area contributed by atoms with Gasteiger partial charge in [0, 0.05) is 14.5 Å². The van der Waals surface area contributed by atoms with Crippen LogP contribution in [0.5, 0.6) is 0 Å². The van der Waals surface area contributed by atoms with Gasteiger partial charge >= 0.3 is 0 Å². The van der Waals surface area contributed by atoms with E-state index in [4.69, 9.17) is 0 Å². The second kappa shape index (κ2) is 2.94. The molecule has 0 nitrogen and oxygen atoms in total. The lowest BCUT2D eigenvalue weighted by atomic mass is 10.0. The predicted octanol–water partition coefficient (Wildman–Crippen LogP) is 4.81. The summed E-state index contributed by atoms with van der Waals surface area (Å²) in [6.45, 7) is 0. The van der Waals surface area contributed by atoms with Gasteiger partial charge in [-0.2, -0.15) is 0 Å². The second-order valence-electron chi connectivity index (χ2n) is 3.36. The standard InChI is InChI=1S/C12H6Br2/c13-9-5-4-7-2-1-3-8-6-10(14)12(9)11(7)8/h1-6H. The van der Waals surface area contributed by atoms with E-state index in [1.807, 2.05) is 0 Å². The quantitative estimate of drug-likeness (QED) is 0.655. The van der Waals surface area contributed by atoms with Crippen LogP contribution in [-0.2, 0) is 0 Å². The third-order valence-corrected chi connectivity index (χ3v) is 3.83. The number of benzene rings is 2. The van der Waals surface area contributed by atoms with Crippen LogP contribution in [0.15, 0.2) is 34.8 Å². The average molecular weight is 310 g/mol. The molecule has 1 aliphatic rings. The van der Waals surface area contributed by atoms with Crippen LogP contribution >= 0.6 is 31.9 Å². The zero-order chi connectivity index (χ0) is 9.71. The molecule has 68 valence electrons. The Morgan fingerprint density at radius 3 is 2.64 bits per heavy atom. The van der Waals surface area contributed by atoms with E-state index >= 15 is 0 Å². The van der Waals surface area contributed by atoms with Crippen molar-refractivity contribution in [2.75, 3.05) is 0 Å². The molecule has 0 atom stereocenters. The molecule has 2 heteroatoms. The molecule has 0 amide bonds. The molecule has 2 aromatic carbocycles. The van der Waals surface area contributed by atoms with Gasteiger partial charge in [-0.15, -0.1) is 0 Å². The number of halogens is 2. The van der Waals surface area contributed by atoms with Crippen molar-refractivity contribution < 1.29 is 0 Å². The molecule has 0 bridgehead atoms. The normalized spacial score (nSPS) is 13.4. The summed E-state index contributed by atoms with van der Waals surface area (Å²) >= 11 is 7.17. The van der Waals surface area contributed by atoms with Crippen molar-refractivity contribution in [3.05, 3.63) is 45.9 Å². The fraction of sp³-hybridized carbons (Fsp3) is 0. The molecular formula is C12H6Br2. The van der Waals surface area contributed by atoms with Gasteiger partial charge in [0.2, 0.25) is 0 Å². The number of hydrogen-bond acceptors (Lipinski definition) is 0.